The van der Waals surface area contributed by atoms with Crippen LogP contribution in [-0.4, -0.2) is 40.8 Å². The Labute approximate surface area is 180 Å². The first-order valence-corrected chi connectivity index (χ1v) is 10.7. The van der Waals surface area contributed by atoms with Gasteiger partial charge < -0.3 is 24.3 Å². The third kappa shape index (κ3) is 3.72. The van der Waals surface area contributed by atoms with E-state index in [0.29, 0.717) is 23.7 Å². The normalized spacial score (nSPS) is 17.4. The van der Waals surface area contributed by atoms with Gasteiger partial charge in [-0.3, -0.25) is 4.79 Å². The number of carbonyl (C=O) groups is 1. The minimum absolute atomic E-state index is 0.0390. The van der Waals surface area contributed by atoms with Gasteiger partial charge in [0.05, 0.1) is 17.8 Å². The van der Waals surface area contributed by atoms with Gasteiger partial charge in [0.2, 0.25) is 11.3 Å². The largest absolute Gasteiger partial charge is 0.477 e. The van der Waals surface area contributed by atoms with Gasteiger partial charge in [-0.1, -0.05) is 6.92 Å². The van der Waals surface area contributed by atoms with Crippen molar-refractivity contribution >= 4 is 22.6 Å². The molecule has 0 saturated carbocycles. The summed E-state index contributed by atoms with van der Waals surface area (Å²) in [6.45, 7) is 6.43. The Bertz CT molecular complexity index is 1150. The van der Waals surface area contributed by atoms with Crippen LogP contribution in [0.5, 0.6) is 0 Å². The first-order valence-electron chi connectivity index (χ1n) is 10.7. The maximum absolute atomic E-state index is 12.8. The standard InChI is InChI=1S/C23H28N4O4/c1-4-9-27-13-17(23(29)30)21(28)16-5-6-18(14(2)20(16)27)26-10-7-15(12-26)19(24-3)22-25-8-11-31-22/h5-6,8,11,13,15,19,24H,4,7,9-10,12H2,1-3H3,(H,29,30). The van der Waals surface area contributed by atoms with Crippen molar-refractivity contribution in [1.29, 1.82) is 0 Å². The number of hydrogen-bond acceptors (Lipinski definition) is 6. The fraction of sp³-hybridized carbons (Fsp3) is 0.435. The van der Waals surface area contributed by atoms with Crippen molar-refractivity contribution in [3.05, 3.63) is 58.0 Å². The Hall–Kier alpha value is -3.13. The highest BCUT2D eigenvalue weighted by Gasteiger charge is 2.33. The highest BCUT2D eigenvalue weighted by atomic mass is 16.4. The van der Waals surface area contributed by atoms with Crippen molar-refractivity contribution in [2.75, 3.05) is 25.0 Å². The smallest absolute Gasteiger partial charge is 0.341 e. The van der Waals surface area contributed by atoms with Crippen molar-refractivity contribution in [2.24, 2.45) is 5.92 Å². The second-order valence-corrected chi connectivity index (χ2v) is 8.11. The van der Waals surface area contributed by atoms with E-state index in [1.807, 2.05) is 31.5 Å². The molecule has 164 valence electrons. The third-order valence-corrected chi connectivity index (χ3v) is 6.22. The number of aromatic carboxylic acids is 1. The fourth-order valence-electron chi connectivity index (χ4n) is 4.81. The molecule has 0 aliphatic carbocycles. The molecule has 4 rings (SSSR count). The van der Waals surface area contributed by atoms with Gasteiger partial charge in [-0.05, 0) is 44.5 Å². The van der Waals surface area contributed by atoms with Crippen LogP contribution < -0.4 is 15.6 Å². The number of nitrogens with one attached hydrogen (secondary N) is 1. The Balaban J connectivity index is 1.73. The van der Waals surface area contributed by atoms with Crippen molar-refractivity contribution in [3.8, 4) is 0 Å². The van der Waals surface area contributed by atoms with Crippen LogP contribution in [0.15, 0.2) is 40.0 Å². The summed E-state index contributed by atoms with van der Waals surface area (Å²) in [7, 11) is 1.92. The zero-order chi connectivity index (χ0) is 22.1. The van der Waals surface area contributed by atoms with Crippen molar-refractivity contribution in [2.45, 2.75) is 39.3 Å². The zero-order valence-corrected chi connectivity index (χ0v) is 18.1. The van der Waals surface area contributed by atoms with Gasteiger partial charge in [0.25, 0.3) is 0 Å². The fourth-order valence-corrected chi connectivity index (χ4v) is 4.81. The molecule has 31 heavy (non-hydrogen) atoms. The van der Waals surface area contributed by atoms with Crippen LogP contribution in [0.25, 0.3) is 10.9 Å². The number of fused-ring (bicyclic) bond motifs is 1. The topological polar surface area (TPSA) is 101 Å². The summed E-state index contributed by atoms with van der Waals surface area (Å²) >= 11 is 0. The Kier molecular flexibility index (Phi) is 5.82. The summed E-state index contributed by atoms with van der Waals surface area (Å²) in [5.74, 6) is -0.154. The van der Waals surface area contributed by atoms with E-state index in [-0.39, 0.29) is 11.6 Å². The molecule has 0 radical (unpaired) electrons. The minimum Gasteiger partial charge on any atom is -0.477 e. The Morgan fingerprint density at radius 1 is 1.42 bits per heavy atom. The number of pyridine rings is 1. The molecule has 1 aromatic carbocycles. The molecular weight excluding hydrogens is 396 g/mol. The predicted octanol–water partition coefficient (Wildman–Crippen LogP) is 3.19. The SMILES string of the molecule is CCCn1cc(C(=O)O)c(=O)c2ccc(N3CCC(C(NC)c4ncco4)C3)c(C)c21. The molecule has 0 spiro atoms. The van der Waals surface area contributed by atoms with Gasteiger partial charge >= 0.3 is 5.97 Å². The summed E-state index contributed by atoms with van der Waals surface area (Å²) < 4.78 is 7.44. The number of carboxylic acids is 1. The van der Waals surface area contributed by atoms with E-state index in [4.69, 9.17) is 4.42 Å². The monoisotopic (exact) mass is 424 g/mol. The quantitative estimate of drug-likeness (QED) is 0.601. The van der Waals surface area contributed by atoms with E-state index >= 15 is 0 Å². The van der Waals surface area contributed by atoms with Crippen LogP contribution in [0.3, 0.4) is 0 Å². The van der Waals surface area contributed by atoms with Crippen LogP contribution in [0, 0.1) is 12.8 Å². The molecule has 8 nitrogen and oxygen atoms in total. The van der Waals surface area contributed by atoms with Crippen LogP contribution in [0.2, 0.25) is 0 Å². The molecule has 3 heterocycles. The van der Waals surface area contributed by atoms with Gasteiger partial charge in [0.15, 0.2) is 0 Å². The predicted molar refractivity (Wildman–Crippen MR) is 119 cm³/mol. The van der Waals surface area contributed by atoms with Crippen LogP contribution in [-0.2, 0) is 6.54 Å². The van der Waals surface area contributed by atoms with Crippen molar-refractivity contribution in [3.63, 3.8) is 0 Å². The highest BCUT2D eigenvalue weighted by Crippen LogP contribution is 2.35. The van der Waals surface area contributed by atoms with E-state index in [0.717, 1.165) is 42.7 Å². The van der Waals surface area contributed by atoms with Gasteiger partial charge in [-0.2, -0.15) is 0 Å². The summed E-state index contributed by atoms with van der Waals surface area (Å²) in [4.78, 5) is 31.0. The number of hydrogen-bond donors (Lipinski definition) is 2. The average molecular weight is 425 g/mol. The molecule has 2 unspecified atom stereocenters. The van der Waals surface area contributed by atoms with Gasteiger partial charge in [-0.25, -0.2) is 9.78 Å². The number of aromatic nitrogens is 2. The lowest BCUT2D eigenvalue weighted by atomic mass is 9.99. The van der Waals surface area contributed by atoms with E-state index in [2.05, 4.69) is 15.2 Å². The number of oxazole rings is 1. The molecule has 2 aromatic heterocycles. The number of benzene rings is 1. The van der Waals surface area contributed by atoms with Gasteiger partial charge in [0, 0.05) is 42.8 Å². The second-order valence-electron chi connectivity index (χ2n) is 8.11. The Morgan fingerprint density at radius 3 is 2.87 bits per heavy atom. The maximum atomic E-state index is 12.8. The van der Waals surface area contributed by atoms with Crippen LogP contribution in [0.4, 0.5) is 5.69 Å². The highest BCUT2D eigenvalue weighted by molar-refractivity contribution is 5.95. The lowest BCUT2D eigenvalue weighted by molar-refractivity contribution is 0.0695. The van der Waals surface area contributed by atoms with Crippen LogP contribution in [0.1, 0.15) is 47.6 Å². The van der Waals surface area contributed by atoms with E-state index < -0.39 is 11.4 Å². The molecule has 1 aliphatic heterocycles. The van der Waals surface area contributed by atoms with Crippen molar-refractivity contribution in [1.82, 2.24) is 14.9 Å². The summed E-state index contributed by atoms with van der Waals surface area (Å²) in [6.07, 6.45) is 6.58. The molecule has 1 fully saturated rings. The van der Waals surface area contributed by atoms with Crippen LogP contribution >= 0.6 is 0 Å². The Morgan fingerprint density at radius 2 is 2.23 bits per heavy atom. The lowest BCUT2D eigenvalue weighted by Gasteiger charge is -2.25. The molecule has 0 bridgehead atoms. The van der Waals surface area contributed by atoms with E-state index in [1.54, 1.807) is 18.5 Å². The summed E-state index contributed by atoms with van der Waals surface area (Å²) in [5.41, 5.74) is 2.28. The summed E-state index contributed by atoms with van der Waals surface area (Å²) in [5, 5.41) is 13.2. The number of rotatable bonds is 7. The third-order valence-electron chi connectivity index (χ3n) is 6.22. The first kappa shape index (κ1) is 21.1. The number of carboxylic acid groups (broad SMARTS) is 1. The molecule has 8 heteroatoms. The molecule has 2 atom stereocenters. The lowest BCUT2D eigenvalue weighted by Crippen LogP contribution is -2.29. The number of anilines is 1. The zero-order valence-electron chi connectivity index (χ0n) is 18.1. The molecular formula is C23H28N4O4. The number of nitrogens with zero attached hydrogens (tertiary/aromatic N) is 3. The van der Waals surface area contributed by atoms with E-state index in [1.165, 1.54) is 6.20 Å². The van der Waals surface area contributed by atoms with Gasteiger partial charge in [0.1, 0.15) is 11.8 Å². The molecule has 0 amide bonds. The molecule has 3 aromatic rings. The average Bonchev–Trinajstić information content (AvgIpc) is 3.44. The second kappa shape index (κ2) is 8.55. The summed E-state index contributed by atoms with van der Waals surface area (Å²) in [6, 6.07) is 3.76. The maximum Gasteiger partial charge on any atom is 0.341 e. The van der Waals surface area contributed by atoms with E-state index in [9.17, 15) is 14.7 Å². The van der Waals surface area contributed by atoms with Gasteiger partial charge in [-0.15, -0.1) is 0 Å². The van der Waals surface area contributed by atoms with Crippen molar-refractivity contribution < 1.29 is 14.3 Å². The number of aryl methyl sites for hydroxylation is 2. The molecule has 2 N–H and O–H groups in total. The first-order chi connectivity index (χ1) is 15.0. The minimum atomic E-state index is -1.19. The molecule has 1 saturated heterocycles. The molecule has 1 aliphatic rings.